The van der Waals surface area contributed by atoms with Crippen LogP contribution in [-0.4, -0.2) is 115 Å². The zero-order valence-electron chi connectivity index (χ0n) is 28.0. The number of halogens is 3. The molecule has 0 spiro atoms. The summed E-state index contributed by atoms with van der Waals surface area (Å²) >= 11 is 18.5. The van der Waals surface area contributed by atoms with E-state index in [0.717, 1.165) is 0 Å². The van der Waals surface area contributed by atoms with E-state index in [0.29, 0.717) is 98.9 Å². The van der Waals surface area contributed by atoms with Gasteiger partial charge >= 0.3 is 0 Å². The number of rotatable bonds is 14. The van der Waals surface area contributed by atoms with Gasteiger partial charge in [-0.25, -0.2) is 10.2 Å². The molecule has 2 aromatic rings. The summed E-state index contributed by atoms with van der Waals surface area (Å²) in [6.07, 6.45) is 0. The van der Waals surface area contributed by atoms with Crippen LogP contribution in [0.2, 0.25) is 0 Å². The number of benzene rings is 2. The Bertz CT molecular complexity index is 1680. The lowest BCUT2D eigenvalue weighted by atomic mass is 9.83. The first-order chi connectivity index (χ1) is 24.9. The van der Waals surface area contributed by atoms with E-state index in [1.807, 2.05) is 0 Å². The molecular weight excluding hydrogens is 784 g/mol. The third-order valence-corrected chi connectivity index (χ3v) is 17.7. The summed E-state index contributed by atoms with van der Waals surface area (Å²) in [7, 11) is -9.54. The van der Waals surface area contributed by atoms with Crippen molar-refractivity contribution in [2.45, 2.75) is 0 Å². The molecule has 21 heteroatoms. The van der Waals surface area contributed by atoms with Gasteiger partial charge in [-0.15, -0.1) is 34.8 Å². The fourth-order valence-corrected chi connectivity index (χ4v) is 17.0. The highest BCUT2D eigenvalue weighted by Crippen LogP contribution is 2.74. The van der Waals surface area contributed by atoms with Crippen molar-refractivity contribution < 1.29 is 32.8 Å². The molecule has 2 unspecified atom stereocenters. The van der Waals surface area contributed by atoms with Gasteiger partial charge in [0.25, 0.3) is 15.2 Å². The number of nitrogens with zero attached hydrogens (tertiary/aromatic N) is 3. The Morgan fingerprint density at radius 1 is 0.549 bits per heavy atom. The zero-order chi connectivity index (χ0) is 36.0. The topological polar surface area (TPSA) is 178 Å². The molecule has 5 N–H and O–H groups in total. The van der Waals surface area contributed by atoms with E-state index in [9.17, 15) is 9.59 Å². The fourth-order valence-electron chi connectivity index (χ4n) is 5.34. The number of hydrogen-bond donors (Lipinski definition) is 5. The predicted octanol–water partition coefficient (Wildman–Crippen LogP) is 5.90. The second-order valence-electron chi connectivity index (χ2n) is 11.0. The molecule has 1 aliphatic carbocycles. The third kappa shape index (κ3) is 10.9. The van der Waals surface area contributed by atoms with Gasteiger partial charge in [-0.3, -0.25) is 19.8 Å². The summed E-state index contributed by atoms with van der Waals surface area (Å²) in [5.74, 6) is 0.483. The van der Waals surface area contributed by atoms with Gasteiger partial charge in [-0.05, 0) is 6.07 Å². The minimum Gasteiger partial charge on any atom is -0.383 e. The van der Waals surface area contributed by atoms with Crippen LogP contribution in [0.4, 0.5) is 5.69 Å². The maximum atomic E-state index is 13.6. The van der Waals surface area contributed by atoms with Crippen LogP contribution in [0.5, 0.6) is 0 Å². The minimum atomic E-state index is -3.30. The molecule has 2 aliphatic heterocycles. The Morgan fingerprint density at radius 3 is 1.67 bits per heavy atom. The third-order valence-electron chi connectivity index (χ3n) is 7.46. The molecule has 0 saturated carbocycles. The monoisotopic (exact) mass is 826 g/mol. The van der Waals surface area contributed by atoms with Gasteiger partial charge in [-0.1, -0.05) is 36.4 Å². The molecule has 2 bridgehead atoms. The average Bonchev–Trinajstić information content (AvgIpc) is 3.14. The van der Waals surface area contributed by atoms with Crippen molar-refractivity contribution in [3.63, 3.8) is 0 Å². The summed E-state index contributed by atoms with van der Waals surface area (Å²) < 4.78 is 45.7. The molecule has 15 nitrogen and oxygen atoms in total. The molecule has 0 aromatic heterocycles. The van der Waals surface area contributed by atoms with Crippen molar-refractivity contribution in [2.75, 3.05) is 109 Å². The summed E-state index contributed by atoms with van der Waals surface area (Å²) in [4.78, 5) is 26.9. The molecule has 2 aromatic carbocycles. The quantitative estimate of drug-likeness (QED) is 0.0741. The maximum absolute atomic E-state index is 13.6. The minimum absolute atomic E-state index is 0.160. The Balaban J connectivity index is 1.48. The zero-order valence-corrected chi connectivity index (χ0v) is 33.0. The van der Waals surface area contributed by atoms with Crippen molar-refractivity contribution in [3.8, 4) is 0 Å². The molecule has 5 rings (SSSR count). The van der Waals surface area contributed by atoms with Crippen molar-refractivity contribution in [2.24, 2.45) is 13.5 Å². The summed E-state index contributed by atoms with van der Waals surface area (Å²) in [5, 5.41) is 17.1. The molecule has 3 aliphatic rings. The van der Waals surface area contributed by atoms with Gasteiger partial charge in [0.2, 0.25) is 7.51 Å². The number of anilines is 1. The average molecular weight is 828 g/mol. The predicted molar refractivity (Wildman–Crippen MR) is 205 cm³/mol. The molecule has 51 heavy (non-hydrogen) atoms. The van der Waals surface area contributed by atoms with E-state index in [2.05, 4.69) is 25.7 Å². The first-order valence-corrected chi connectivity index (χ1v) is 23.1. The SMILES string of the molecule is O=C1c2ccccc2C(=O)c2c(NCCNP34=NP(NCCCl)(=NP(NCCCl)(NCCCl)=N3)OCCOCCOCCOCCO4)cccc21. The maximum Gasteiger partial charge on any atom is 0.280 e. The lowest BCUT2D eigenvalue weighted by Crippen LogP contribution is -2.29. The highest BCUT2D eigenvalue weighted by Gasteiger charge is 2.39. The number of ether oxygens (including phenoxy) is 3. The number of fused-ring (bicyclic) bond motifs is 3. The van der Waals surface area contributed by atoms with E-state index < -0.39 is 22.7 Å². The molecule has 2 atom stereocenters. The molecule has 0 saturated heterocycles. The van der Waals surface area contributed by atoms with Crippen molar-refractivity contribution in [1.29, 1.82) is 0 Å². The summed E-state index contributed by atoms with van der Waals surface area (Å²) in [6.45, 7) is 4.22. The Kier molecular flexibility index (Phi) is 16.4. The number of carbonyl (C=O) groups is 2. The highest BCUT2D eigenvalue weighted by atomic mass is 35.5. The highest BCUT2D eigenvalue weighted by molar-refractivity contribution is 7.82. The van der Waals surface area contributed by atoms with E-state index in [1.54, 1.807) is 42.5 Å². The second kappa shape index (κ2) is 20.5. The second-order valence-corrected chi connectivity index (χ2v) is 19.5. The van der Waals surface area contributed by atoms with Gasteiger partial charge < -0.3 is 28.6 Å². The number of nitrogens with one attached hydrogen (secondary N) is 5. The van der Waals surface area contributed by atoms with Gasteiger partial charge in [0.05, 0.1) is 58.4 Å². The van der Waals surface area contributed by atoms with Crippen LogP contribution in [0.1, 0.15) is 31.8 Å². The van der Waals surface area contributed by atoms with E-state index >= 15 is 0 Å². The molecular formula is C30H44Cl3N8O7P3. The number of carbonyl (C=O) groups excluding carboxylic acids is 2. The standard InChI is InChI=1S/C30H44Cl3N8O7P3/c31-8-11-35-49(36-12-9-32)39-50(37-13-10-33)41-51(40-49,48-23-21-46-19-17-44-16-18-45-20-22-47-50)38-15-14-34-27-7-3-6-26-28(27)30(43)25-5-2-1-4-24(25)29(26)42/h1-7,34-38H,8-23H2. The van der Waals surface area contributed by atoms with Crippen molar-refractivity contribution in [1.82, 2.24) is 20.3 Å². The van der Waals surface area contributed by atoms with Gasteiger partial charge in [0.1, 0.15) is 0 Å². The van der Waals surface area contributed by atoms with Crippen molar-refractivity contribution in [3.05, 3.63) is 64.7 Å². The Labute approximate surface area is 313 Å². The van der Waals surface area contributed by atoms with Crippen LogP contribution < -0.4 is 25.7 Å². The normalized spacial score (nSPS) is 24.0. The van der Waals surface area contributed by atoms with Crippen LogP contribution in [0.25, 0.3) is 0 Å². The van der Waals surface area contributed by atoms with Crippen LogP contribution in [0.15, 0.2) is 56.0 Å². The fraction of sp³-hybridized carbons (Fsp3) is 0.533. The lowest BCUT2D eigenvalue weighted by Gasteiger charge is -2.36. The smallest absolute Gasteiger partial charge is 0.280 e. The molecule has 0 amide bonds. The van der Waals surface area contributed by atoms with E-state index in [-0.39, 0.29) is 43.9 Å². The molecule has 0 fully saturated rings. The number of ketones is 2. The van der Waals surface area contributed by atoms with Crippen LogP contribution >= 0.6 is 57.5 Å². The first kappa shape index (κ1) is 41.0. The Morgan fingerprint density at radius 2 is 1.06 bits per heavy atom. The van der Waals surface area contributed by atoms with Gasteiger partial charge in [-0.2, -0.15) is 13.5 Å². The lowest BCUT2D eigenvalue weighted by molar-refractivity contribution is 0.00533. The first-order valence-electron chi connectivity index (χ1n) is 16.6. The molecule has 2 heterocycles. The Hall–Kier alpha value is -1.22. The largest absolute Gasteiger partial charge is 0.383 e. The summed E-state index contributed by atoms with van der Waals surface area (Å²) in [6, 6.07) is 12.1. The van der Waals surface area contributed by atoms with Crippen molar-refractivity contribution >= 4 is 74.7 Å². The van der Waals surface area contributed by atoms with Crippen LogP contribution in [0.3, 0.4) is 0 Å². The van der Waals surface area contributed by atoms with Gasteiger partial charge in [0, 0.05) is 72.7 Å². The number of hydrogen-bond acceptors (Lipinski definition) is 15. The van der Waals surface area contributed by atoms with Crippen LogP contribution in [0, 0.1) is 0 Å². The molecule has 0 radical (unpaired) electrons. The summed E-state index contributed by atoms with van der Waals surface area (Å²) in [5.41, 5.74) is 2.03. The van der Waals surface area contributed by atoms with Crippen LogP contribution in [-0.2, 0) is 23.3 Å². The van der Waals surface area contributed by atoms with Gasteiger partial charge in [0.15, 0.2) is 11.6 Å². The van der Waals surface area contributed by atoms with E-state index in [4.69, 9.17) is 71.6 Å². The number of alkyl halides is 3. The molecule has 282 valence electrons. The van der Waals surface area contributed by atoms with E-state index in [1.165, 1.54) is 0 Å².